The monoisotopic (exact) mass is 527 g/mol. The van der Waals surface area contributed by atoms with Gasteiger partial charge in [-0.1, -0.05) is 35.3 Å². The molecule has 0 aliphatic heterocycles. The Labute approximate surface area is 213 Å². The fraction of sp³-hybridized carbons (Fsp3) is 0.0417. The molecule has 0 spiro atoms. The van der Waals surface area contributed by atoms with E-state index >= 15 is 0 Å². The van der Waals surface area contributed by atoms with Crippen molar-refractivity contribution >= 4 is 84.6 Å². The average Bonchev–Trinajstić information content (AvgIpc) is 3.35. The molecule has 0 unspecified atom stereocenters. The van der Waals surface area contributed by atoms with Crippen LogP contribution < -0.4 is 10.6 Å². The van der Waals surface area contributed by atoms with Gasteiger partial charge >= 0.3 is 0 Å². The predicted molar refractivity (Wildman–Crippen MR) is 141 cm³/mol. The first-order valence-electron chi connectivity index (χ1n) is 9.99. The molecular formula is C24H15Cl2N3O3S2. The summed E-state index contributed by atoms with van der Waals surface area (Å²) in [5.41, 5.74) is 3.26. The first kappa shape index (κ1) is 22.6. The zero-order valence-corrected chi connectivity index (χ0v) is 20.6. The number of carbonyl (C=O) groups is 1. The molecule has 34 heavy (non-hydrogen) atoms. The summed E-state index contributed by atoms with van der Waals surface area (Å²) in [7, 11) is 0. The zero-order chi connectivity index (χ0) is 24.0. The SMILES string of the molecule is Cc1ccc2nc(-c3cc(NC(=S)NC(=O)c4sc5cc(Cl)ccc5c4Cl)ccc3O)oc2c1. The number of amides is 1. The van der Waals surface area contributed by atoms with Crippen molar-refractivity contribution in [3.05, 3.63) is 75.1 Å². The van der Waals surface area contributed by atoms with Gasteiger partial charge in [0.25, 0.3) is 5.91 Å². The first-order valence-corrected chi connectivity index (χ1v) is 12.0. The number of phenols is 1. The number of aromatic hydroxyl groups is 1. The highest BCUT2D eigenvalue weighted by atomic mass is 35.5. The molecule has 0 aliphatic carbocycles. The lowest BCUT2D eigenvalue weighted by Crippen LogP contribution is -2.33. The summed E-state index contributed by atoms with van der Waals surface area (Å²) in [5.74, 6) is -0.167. The third-order valence-electron chi connectivity index (χ3n) is 5.05. The average molecular weight is 528 g/mol. The maximum Gasteiger partial charge on any atom is 0.269 e. The van der Waals surface area contributed by atoms with Gasteiger partial charge in [0.2, 0.25) is 5.89 Å². The molecule has 0 aliphatic rings. The minimum atomic E-state index is -0.437. The molecule has 2 aromatic heterocycles. The molecule has 0 radical (unpaired) electrons. The lowest BCUT2D eigenvalue weighted by Gasteiger charge is -2.10. The molecule has 1 amide bonds. The predicted octanol–water partition coefficient (Wildman–Crippen LogP) is 7.16. The highest BCUT2D eigenvalue weighted by Gasteiger charge is 2.19. The Bertz CT molecular complexity index is 1610. The Balaban J connectivity index is 1.36. The van der Waals surface area contributed by atoms with Crippen molar-refractivity contribution < 1.29 is 14.3 Å². The second-order valence-electron chi connectivity index (χ2n) is 7.52. The summed E-state index contributed by atoms with van der Waals surface area (Å²) < 4.78 is 6.63. The van der Waals surface area contributed by atoms with Crippen molar-refractivity contribution in [3.8, 4) is 17.2 Å². The Morgan fingerprint density at radius 1 is 1.12 bits per heavy atom. The second-order valence-corrected chi connectivity index (χ2v) is 9.79. The quantitative estimate of drug-likeness (QED) is 0.170. The number of fused-ring (bicyclic) bond motifs is 2. The number of anilines is 1. The molecule has 0 saturated carbocycles. The van der Waals surface area contributed by atoms with Gasteiger partial charge in [0.15, 0.2) is 10.7 Å². The minimum Gasteiger partial charge on any atom is -0.507 e. The van der Waals surface area contributed by atoms with Crippen LogP contribution in [0.25, 0.3) is 32.6 Å². The fourth-order valence-corrected chi connectivity index (χ4v) is 5.34. The molecular weight excluding hydrogens is 513 g/mol. The first-order chi connectivity index (χ1) is 16.3. The van der Waals surface area contributed by atoms with Crippen LogP contribution in [0.1, 0.15) is 15.2 Å². The van der Waals surface area contributed by atoms with Gasteiger partial charge in [-0.25, -0.2) is 4.98 Å². The lowest BCUT2D eigenvalue weighted by atomic mass is 10.1. The van der Waals surface area contributed by atoms with Gasteiger partial charge < -0.3 is 14.8 Å². The van der Waals surface area contributed by atoms with Crippen LogP contribution in [0.3, 0.4) is 0 Å². The van der Waals surface area contributed by atoms with E-state index in [9.17, 15) is 9.90 Å². The van der Waals surface area contributed by atoms with Gasteiger partial charge in [0.1, 0.15) is 16.1 Å². The number of halogens is 2. The number of hydrogen-bond acceptors (Lipinski definition) is 6. The maximum absolute atomic E-state index is 12.8. The largest absolute Gasteiger partial charge is 0.507 e. The van der Waals surface area contributed by atoms with Crippen LogP contribution in [0.2, 0.25) is 10.0 Å². The number of oxazole rings is 1. The number of hydrogen-bond donors (Lipinski definition) is 3. The van der Waals surface area contributed by atoms with E-state index in [-0.39, 0.29) is 16.8 Å². The molecule has 3 aromatic carbocycles. The van der Waals surface area contributed by atoms with Gasteiger partial charge in [-0.3, -0.25) is 10.1 Å². The molecule has 5 rings (SSSR count). The molecule has 3 N–H and O–H groups in total. The van der Waals surface area contributed by atoms with E-state index in [4.69, 9.17) is 39.8 Å². The van der Waals surface area contributed by atoms with Crippen molar-refractivity contribution in [1.29, 1.82) is 0 Å². The second kappa shape index (κ2) is 8.88. The van der Waals surface area contributed by atoms with E-state index in [0.29, 0.717) is 37.3 Å². The van der Waals surface area contributed by atoms with Gasteiger partial charge in [-0.15, -0.1) is 11.3 Å². The number of aromatic nitrogens is 1. The number of rotatable bonds is 3. The fourth-order valence-electron chi connectivity index (χ4n) is 3.44. The van der Waals surface area contributed by atoms with Gasteiger partial charge in [-0.2, -0.15) is 0 Å². The van der Waals surface area contributed by atoms with E-state index in [1.807, 2.05) is 25.1 Å². The number of benzene rings is 3. The van der Waals surface area contributed by atoms with E-state index in [1.54, 1.807) is 30.3 Å². The third kappa shape index (κ3) is 4.33. The van der Waals surface area contributed by atoms with Gasteiger partial charge in [-0.05, 0) is 67.2 Å². The van der Waals surface area contributed by atoms with Crippen LogP contribution >= 0.6 is 46.8 Å². The normalized spacial score (nSPS) is 11.1. The number of nitrogens with one attached hydrogen (secondary N) is 2. The summed E-state index contributed by atoms with van der Waals surface area (Å²) in [6.07, 6.45) is 0. The van der Waals surface area contributed by atoms with Crippen LogP contribution in [-0.4, -0.2) is 21.1 Å². The van der Waals surface area contributed by atoms with Crippen LogP contribution in [0.5, 0.6) is 5.75 Å². The summed E-state index contributed by atoms with van der Waals surface area (Å²) in [6.45, 7) is 1.96. The lowest BCUT2D eigenvalue weighted by molar-refractivity contribution is 0.0982. The maximum atomic E-state index is 12.8. The molecule has 0 saturated heterocycles. The smallest absolute Gasteiger partial charge is 0.269 e. The highest BCUT2D eigenvalue weighted by molar-refractivity contribution is 7.80. The van der Waals surface area contributed by atoms with Crippen molar-refractivity contribution in [3.63, 3.8) is 0 Å². The van der Waals surface area contributed by atoms with Gasteiger partial charge in [0, 0.05) is 20.8 Å². The number of nitrogens with zero attached hydrogens (tertiary/aromatic N) is 1. The molecule has 10 heteroatoms. The third-order valence-corrected chi connectivity index (χ3v) is 7.15. The topological polar surface area (TPSA) is 87.4 Å². The number of aryl methyl sites for hydroxylation is 1. The van der Waals surface area contributed by atoms with Crippen LogP contribution in [0, 0.1) is 6.92 Å². The van der Waals surface area contributed by atoms with Crippen LogP contribution in [-0.2, 0) is 0 Å². The van der Waals surface area contributed by atoms with E-state index in [0.717, 1.165) is 15.6 Å². The van der Waals surface area contributed by atoms with Crippen molar-refractivity contribution in [2.24, 2.45) is 0 Å². The molecule has 0 atom stereocenters. The summed E-state index contributed by atoms with van der Waals surface area (Å²) in [6, 6.07) is 15.7. The summed E-state index contributed by atoms with van der Waals surface area (Å²) in [5, 5.41) is 17.7. The number of thiocarbonyl (C=S) groups is 1. The Hall–Kier alpha value is -3.17. The summed E-state index contributed by atoms with van der Waals surface area (Å²) in [4.78, 5) is 17.6. The number of phenolic OH excluding ortho intramolecular Hbond substituents is 1. The van der Waals surface area contributed by atoms with Gasteiger partial charge in [0.05, 0.1) is 10.6 Å². The van der Waals surface area contributed by atoms with Crippen molar-refractivity contribution in [1.82, 2.24) is 10.3 Å². The highest BCUT2D eigenvalue weighted by Crippen LogP contribution is 2.37. The van der Waals surface area contributed by atoms with Crippen molar-refractivity contribution in [2.75, 3.05) is 5.32 Å². The molecule has 0 bridgehead atoms. The number of carbonyl (C=O) groups excluding carboxylic acids is 1. The van der Waals surface area contributed by atoms with E-state index in [1.165, 1.54) is 17.4 Å². The van der Waals surface area contributed by atoms with E-state index < -0.39 is 5.91 Å². The summed E-state index contributed by atoms with van der Waals surface area (Å²) >= 11 is 19.0. The Kier molecular flexibility index (Phi) is 5.91. The van der Waals surface area contributed by atoms with Crippen LogP contribution in [0.15, 0.2) is 59.0 Å². The molecule has 2 heterocycles. The molecule has 5 aromatic rings. The van der Waals surface area contributed by atoms with E-state index in [2.05, 4.69) is 15.6 Å². The molecule has 0 fully saturated rings. The standard InChI is InChI=1S/C24H15Cl2N3O3S2/c1-11-2-6-16-18(8-11)32-23(28-16)15-10-13(4-7-17(15)30)27-24(33)29-22(31)21-20(26)14-5-3-12(25)9-19(14)34-21/h2-10,30H,1H3,(H2,27,29,31,33). The minimum absolute atomic E-state index is 0.000463. The number of thiophene rings is 1. The molecule has 170 valence electrons. The molecule has 6 nitrogen and oxygen atoms in total. The zero-order valence-electron chi connectivity index (χ0n) is 17.5. The van der Waals surface area contributed by atoms with Crippen LogP contribution in [0.4, 0.5) is 5.69 Å². The Morgan fingerprint density at radius 3 is 2.76 bits per heavy atom. The van der Waals surface area contributed by atoms with Crippen molar-refractivity contribution in [2.45, 2.75) is 6.92 Å². The Morgan fingerprint density at radius 2 is 1.94 bits per heavy atom.